The summed E-state index contributed by atoms with van der Waals surface area (Å²) in [5, 5.41) is 13.5. The van der Waals surface area contributed by atoms with Crippen LogP contribution in [0.1, 0.15) is 29.7 Å². The molecule has 0 bridgehead atoms. The quantitative estimate of drug-likeness (QED) is 0.726. The largest absolute Gasteiger partial charge is 0.469 e. The van der Waals surface area contributed by atoms with Gasteiger partial charge in [0.25, 0.3) is 0 Å². The van der Waals surface area contributed by atoms with Gasteiger partial charge in [0.2, 0.25) is 5.91 Å². The van der Waals surface area contributed by atoms with E-state index in [0.717, 1.165) is 11.1 Å². The van der Waals surface area contributed by atoms with Gasteiger partial charge < -0.3 is 19.6 Å². The van der Waals surface area contributed by atoms with Gasteiger partial charge in [0.15, 0.2) is 0 Å². The van der Waals surface area contributed by atoms with Crippen LogP contribution in [0, 0.1) is 0 Å². The molecule has 2 N–H and O–H groups in total. The first-order chi connectivity index (χ1) is 13.0. The Morgan fingerprint density at radius 3 is 2.26 bits per heavy atom. The lowest BCUT2D eigenvalue weighted by Crippen LogP contribution is -2.44. The molecule has 0 saturated carbocycles. The first-order valence-electron chi connectivity index (χ1n) is 8.92. The van der Waals surface area contributed by atoms with Crippen LogP contribution in [-0.4, -0.2) is 23.2 Å². The van der Waals surface area contributed by atoms with Crippen molar-refractivity contribution in [2.24, 2.45) is 0 Å². The van der Waals surface area contributed by atoms with Gasteiger partial charge in [-0.05, 0) is 31.2 Å². The van der Waals surface area contributed by atoms with Crippen molar-refractivity contribution in [2.45, 2.75) is 24.9 Å². The van der Waals surface area contributed by atoms with Gasteiger partial charge in [-0.3, -0.25) is 4.79 Å². The number of carbonyl (C=O) groups is 1. The molecule has 0 saturated heterocycles. The van der Waals surface area contributed by atoms with Crippen molar-refractivity contribution in [3.63, 3.8) is 0 Å². The minimum Gasteiger partial charge on any atom is -0.469 e. The van der Waals surface area contributed by atoms with E-state index in [4.69, 9.17) is 9.15 Å². The second kappa shape index (κ2) is 6.93. The molecule has 3 aromatic rings. The SMILES string of the molecule is C[C@](O)(CNC(=O)C1c2ccccc2Oc2ccccc21)Cc1ccco1. The number of hydrogen-bond acceptors (Lipinski definition) is 4. The molecule has 1 aliphatic heterocycles. The number of nitrogens with one attached hydrogen (secondary N) is 1. The highest BCUT2D eigenvalue weighted by Crippen LogP contribution is 2.43. The molecule has 0 spiro atoms. The monoisotopic (exact) mass is 363 g/mol. The number of rotatable bonds is 5. The number of para-hydroxylation sites is 2. The average molecular weight is 363 g/mol. The van der Waals surface area contributed by atoms with Crippen LogP contribution in [0.5, 0.6) is 11.5 Å². The molecule has 4 rings (SSSR count). The Kier molecular flexibility index (Phi) is 4.46. The molecule has 0 radical (unpaired) electrons. The summed E-state index contributed by atoms with van der Waals surface area (Å²) < 4.78 is 11.2. The van der Waals surface area contributed by atoms with Gasteiger partial charge in [-0.2, -0.15) is 0 Å². The van der Waals surface area contributed by atoms with Crippen LogP contribution in [0.25, 0.3) is 0 Å². The van der Waals surface area contributed by atoms with E-state index in [2.05, 4.69) is 5.32 Å². The molecule has 2 aromatic carbocycles. The first-order valence-corrected chi connectivity index (χ1v) is 8.92. The van der Waals surface area contributed by atoms with E-state index < -0.39 is 11.5 Å². The molecule has 5 nitrogen and oxygen atoms in total. The molecule has 27 heavy (non-hydrogen) atoms. The van der Waals surface area contributed by atoms with Crippen molar-refractivity contribution in [1.29, 1.82) is 0 Å². The zero-order valence-electron chi connectivity index (χ0n) is 15.0. The Balaban J connectivity index is 1.55. The van der Waals surface area contributed by atoms with E-state index in [-0.39, 0.29) is 12.5 Å². The third-order valence-corrected chi connectivity index (χ3v) is 4.72. The summed E-state index contributed by atoms with van der Waals surface area (Å²) in [5.74, 6) is 1.39. The zero-order valence-corrected chi connectivity index (χ0v) is 15.0. The third-order valence-electron chi connectivity index (χ3n) is 4.72. The average Bonchev–Trinajstić information content (AvgIpc) is 3.16. The summed E-state index contributed by atoms with van der Waals surface area (Å²) in [7, 11) is 0. The Morgan fingerprint density at radius 2 is 1.67 bits per heavy atom. The van der Waals surface area contributed by atoms with Crippen LogP contribution in [-0.2, 0) is 11.2 Å². The number of carbonyl (C=O) groups excluding carboxylic acids is 1. The predicted octanol–water partition coefficient (Wildman–Crippen LogP) is 3.63. The smallest absolute Gasteiger partial charge is 0.232 e. The fourth-order valence-electron chi connectivity index (χ4n) is 3.42. The van der Waals surface area contributed by atoms with Crippen molar-refractivity contribution in [2.75, 3.05) is 6.54 Å². The molecule has 5 heteroatoms. The second-order valence-electron chi connectivity index (χ2n) is 7.08. The van der Waals surface area contributed by atoms with E-state index in [1.54, 1.807) is 25.3 Å². The van der Waals surface area contributed by atoms with Crippen molar-refractivity contribution in [1.82, 2.24) is 5.32 Å². The van der Waals surface area contributed by atoms with Crippen LogP contribution < -0.4 is 10.1 Å². The topological polar surface area (TPSA) is 71.7 Å². The van der Waals surface area contributed by atoms with E-state index in [1.807, 2.05) is 48.5 Å². The number of benzene rings is 2. The van der Waals surface area contributed by atoms with E-state index >= 15 is 0 Å². The van der Waals surface area contributed by atoms with Gasteiger partial charge >= 0.3 is 0 Å². The summed E-state index contributed by atoms with van der Waals surface area (Å²) in [6, 6.07) is 18.7. The lowest BCUT2D eigenvalue weighted by Gasteiger charge is -2.29. The number of ether oxygens (including phenoxy) is 1. The molecular formula is C22H21NO4. The summed E-state index contributed by atoms with van der Waals surface area (Å²) in [6.07, 6.45) is 1.89. The Morgan fingerprint density at radius 1 is 1.04 bits per heavy atom. The van der Waals surface area contributed by atoms with Gasteiger partial charge in [-0.25, -0.2) is 0 Å². The fourth-order valence-corrected chi connectivity index (χ4v) is 3.42. The van der Waals surface area contributed by atoms with Gasteiger partial charge in [0.1, 0.15) is 17.3 Å². The van der Waals surface area contributed by atoms with Gasteiger partial charge in [0, 0.05) is 24.1 Å². The zero-order chi connectivity index (χ0) is 18.9. The summed E-state index contributed by atoms with van der Waals surface area (Å²) in [5.41, 5.74) is 0.524. The molecule has 0 fully saturated rings. The lowest BCUT2D eigenvalue weighted by molar-refractivity contribution is -0.123. The standard InChI is InChI=1S/C22H21NO4/c1-22(25,13-15-7-6-12-26-15)14-23-21(24)20-16-8-2-4-10-18(16)27-19-11-5-3-9-17(19)20/h2-12,20,25H,13-14H2,1H3,(H,23,24)/t22-/m1/s1. The van der Waals surface area contributed by atoms with E-state index in [9.17, 15) is 9.90 Å². The minimum atomic E-state index is -1.11. The first kappa shape index (κ1) is 17.4. The van der Waals surface area contributed by atoms with Gasteiger partial charge in [0.05, 0.1) is 17.8 Å². The molecule has 0 unspecified atom stereocenters. The maximum atomic E-state index is 13.1. The Labute approximate surface area is 157 Å². The van der Waals surface area contributed by atoms with Crippen LogP contribution in [0.15, 0.2) is 71.3 Å². The lowest BCUT2D eigenvalue weighted by atomic mass is 9.87. The normalized spacial score (nSPS) is 15.2. The van der Waals surface area contributed by atoms with Gasteiger partial charge in [-0.15, -0.1) is 0 Å². The van der Waals surface area contributed by atoms with Crippen LogP contribution in [0.3, 0.4) is 0 Å². The molecule has 2 heterocycles. The number of aliphatic hydroxyl groups is 1. The molecule has 0 aliphatic carbocycles. The Hall–Kier alpha value is -3.05. The molecular weight excluding hydrogens is 342 g/mol. The second-order valence-corrected chi connectivity index (χ2v) is 7.08. The van der Waals surface area contributed by atoms with Crippen molar-refractivity contribution < 1.29 is 19.1 Å². The molecule has 1 amide bonds. The van der Waals surface area contributed by atoms with Crippen LogP contribution >= 0.6 is 0 Å². The third kappa shape index (κ3) is 3.59. The highest BCUT2D eigenvalue weighted by atomic mass is 16.5. The molecule has 1 atom stereocenters. The summed E-state index contributed by atoms with van der Waals surface area (Å²) in [4.78, 5) is 13.1. The fraction of sp³-hybridized carbons (Fsp3) is 0.227. The minimum absolute atomic E-state index is 0.119. The highest BCUT2D eigenvalue weighted by Gasteiger charge is 2.33. The molecule has 1 aliphatic rings. The van der Waals surface area contributed by atoms with Crippen molar-refractivity contribution in [3.05, 3.63) is 83.8 Å². The molecule has 1 aromatic heterocycles. The van der Waals surface area contributed by atoms with Gasteiger partial charge in [-0.1, -0.05) is 36.4 Å². The van der Waals surface area contributed by atoms with E-state index in [1.165, 1.54) is 0 Å². The maximum Gasteiger partial charge on any atom is 0.232 e. The number of hydrogen-bond donors (Lipinski definition) is 2. The number of fused-ring (bicyclic) bond motifs is 2. The molecule has 138 valence electrons. The number of furan rings is 1. The van der Waals surface area contributed by atoms with Crippen molar-refractivity contribution in [3.8, 4) is 11.5 Å². The van der Waals surface area contributed by atoms with Crippen LogP contribution in [0.4, 0.5) is 0 Å². The summed E-state index contributed by atoms with van der Waals surface area (Å²) in [6.45, 7) is 1.80. The van der Waals surface area contributed by atoms with Crippen molar-refractivity contribution >= 4 is 5.91 Å². The van der Waals surface area contributed by atoms with E-state index in [0.29, 0.717) is 23.7 Å². The summed E-state index contributed by atoms with van der Waals surface area (Å²) >= 11 is 0. The highest BCUT2D eigenvalue weighted by molar-refractivity contribution is 5.89. The predicted molar refractivity (Wildman–Crippen MR) is 101 cm³/mol. The maximum absolute atomic E-state index is 13.1. The Bertz CT molecular complexity index is 901. The van der Waals surface area contributed by atoms with Crippen LogP contribution in [0.2, 0.25) is 0 Å². The number of amides is 1.